The van der Waals surface area contributed by atoms with Crippen LogP contribution in [0, 0.1) is 21.4 Å². The smallest absolute Gasteiger partial charge is 0.269 e. The summed E-state index contributed by atoms with van der Waals surface area (Å²) in [5.74, 6) is 1.14. The fourth-order valence-corrected chi connectivity index (χ4v) is 2.87. The topological polar surface area (TPSA) is 111 Å². The van der Waals surface area contributed by atoms with Crippen LogP contribution in [0.4, 0.5) is 5.69 Å². The standard InChI is InChI=1S/C18H17N3O4/c19-8-1-9-24-14-5-2-12(3-6-14)10-16-15-11-13(21(22)23)4-7-17(15)25-18(16)20/h2-7,11,16,18H,1,9-10,20H2. The molecule has 1 aliphatic rings. The molecule has 2 N–H and O–H groups in total. The van der Waals surface area contributed by atoms with Crippen LogP contribution in [0.2, 0.25) is 0 Å². The zero-order chi connectivity index (χ0) is 17.8. The highest BCUT2D eigenvalue weighted by molar-refractivity contribution is 5.49. The highest BCUT2D eigenvalue weighted by Crippen LogP contribution is 2.40. The third kappa shape index (κ3) is 3.70. The monoisotopic (exact) mass is 339 g/mol. The second-order valence-electron chi connectivity index (χ2n) is 5.77. The summed E-state index contributed by atoms with van der Waals surface area (Å²) in [7, 11) is 0. The van der Waals surface area contributed by atoms with Gasteiger partial charge in [-0.1, -0.05) is 12.1 Å². The van der Waals surface area contributed by atoms with Crippen molar-refractivity contribution >= 4 is 5.69 Å². The summed E-state index contributed by atoms with van der Waals surface area (Å²) in [6.07, 6.45) is 0.405. The molecule has 2 aromatic rings. The summed E-state index contributed by atoms with van der Waals surface area (Å²) in [5, 5.41) is 19.5. The first kappa shape index (κ1) is 16.7. The summed E-state index contributed by atoms with van der Waals surface area (Å²) in [6, 6.07) is 14.1. The van der Waals surface area contributed by atoms with Crippen LogP contribution >= 0.6 is 0 Å². The van der Waals surface area contributed by atoms with Crippen molar-refractivity contribution in [2.24, 2.45) is 5.73 Å². The summed E-state index contributed by atoms with van der Waals surface area (Å²) in [4.78, 5) is 10.6. The van der Waals surface area contributed by atoms with Crippen molar-refractivity contribution in [2.75, 3.05) is 6.61 Å². The van der Waals surface area contributed by atoms with Crippen LogP contribution in [0.15, 0.2) is 42.5 Å². The molecule has 2 unspecified atom stereocenters. The Balaban J connectivity index is 1.74. The van der Waals surface area contributed by atoms with Crippen LogP contribution < -0.4 is 15.2 Å². The van der Waals surface area contributed by atoms with E-state index in [2.05, 4.69) is 0 Å². The zero-order valence-corrected chi connectivity index (χ0v) is 13.4. The number of nitro groups is 1. The number of nitrogens with two attached hydrogens (primary N) is 1. The normalized spacial score (nSPS) is 18.1. The van der Waals surface area contributed by atoms with Crippen molar-refractivity contribution in [1.29, 1.82) is 5.26 Å². The first-order chi connectivity index (χ1) is 12.1. The first-order valence-electron chi connectivity index (χ1n) is 7.88. The Morgan fingerprint density at radius 3 is 2.72 bits per heavy atom. The molecule has 0 saturated carbocycles. The van der Waals surface area contributed by atoms with Crippen LogP contribution in [-0.2, 0) is 6.42 Å². The largest absolute Gasteiger partial charge is 0.493 e. The zero-order valence-electron chi connectivity index (χ0n) is 13.4. The second-order valence-corrected chi connectivity index (χ2v) is 5.77. The molecule has 25 heavy (non-hydrogen) atoms. The maximum Gasteiger partial charge on any atom is 0.269 e. The first-order valence-corrected chi connectivity index (χ1v) is 7.88. The molecule has 0 radical (unpaired) electrons. The van der Waals surface area contributed by atoms with E-state index in [1.807, 2.05) is 30.3 Å². The van der Waals surface area contributed by atoms with Crippen molar-refractivity contribution in [2.45, 2.75) is 25.0 Å². The van der Waals surface area contributed by atoms with Crippen molar-refractivity contribution in [3.8, 4) is 17.6 Å². The predicted octanol–water partition coefficient (Wildman–Crippen LogP) is 2.89. The molecule has 2 atom stereocenters. The summed E-state index contributed by atoms with van der Waals surface area (Å²) >= 11 is 0. The molecular weight excluding hydrogens is 322 g/mol. The third-order valence-electron chi connectivity index (χ3n) is 4.12. The van der Waals surface area contributed by atoms with E-state index in [0.717, 1.165) is 11.1 Å². The van der Waals surface area contributed by atoms with Gasteiger partial charge in [0.05, 0.1) is 17.4 Å². The van der Waals surface area contributed by atoms with Gasteiger partial charge >= 0.3 is 0 Å². The Morgan fingerprint density at radius 1 is 1.28 bits per heavy atom. The molecule has 2 aromatic carbocycles. The molecule has 0 fully saturated rings. The van der Waals surface area contributed by atoms with Gasteiger partial charge in [-0.15, -0.1) is 0 Å². The van der Waals surface area contributed by atoms with Crippen LogP contribution in [0.3, 0.4) is 0 Å². The molecule has 0 aliphatic carbocycles. The Kier molecular flexibility index (Phi) is 4.82. The van der Waals surface area contributed by atoms with E-state index in [0.29, 0.717) is 30.9 Å². The summed E-state index contributed by atoms with van der Waals surface area (Å²) in [5.41, 5.74) is 7.88. The molecule has 0 bridgehead atoms. The Hall–Kier alpha value is -3.11. The minimum Gasteiger partial charge on any atom is -0.493 e. The fraction of sp³-hybridized carbons (Fsp3) is 0.278. The predicted molar refractivity (Wildman–Crippen MR) is 90.3 cm³/mol. The van der Waals surface area contributed by atoms with Crippen LogP contribution in [-0.4, -0.2) is 17.8 Å². The molecule has 0 amide bonds. The lowest BCUT2D eigenvalue weighted by molar-refractivity contribution is -0.384. The number of nitro benzene ring substituents is 1. The van der Waals surface area contributed by atoms with Gasteiger partial charge in [0.1, 0.15) is 18.1 Å². The van der Waals surface area contributed by atoms with Gasteiger partial charge < -0.3 is 9.47 Å². The molecule has 128 valence electrons. The van der Waals surface area contributed by atoms with Crippen LogP contribution in [0.1, 0.15) is 23.5 Å². The maximum absolute atomic E-state index is 11.0. The van der Waals surface area contributed by atoms with Crippen LogP contribution in [0.25, 0.3) is 0 Å². The van der Waals surface area contributed by atoms with E-state index in [9.17, 15) is 10.1 Å². The van der Waals surface area contributed by atoms with E-state index in [1.165, 1.54) is 12.1 Å². The Labute approximate surface area is 144 Å². The van der Waals surface area contributed by atoms with Gasteiger partial charge in [-0.3, -0.25) is 15.8 Å². The Bertz CT molecular complexity index is 814. The van der Waals surface area contributed by atoms with E-state index < -0.39 is 11.2 Å². The average molecular weight is 339 g/mol. The quantitative estimate of drug-likeness (QED) is 0.492. The molecule has 1 aliphatic heterocycles. The van der Waals surface area contributed by atoms with Crippen molar-refractivity contribution in [3.05, 3.63) is 63.7 Å². The molecule has 1 heterocycles. The highest BCUT2D eigenvalue weighted by Gasteiger charge is 2.33. The minimum atomic E-state index is -0.538. The van der Waals surface area contributed by atoms with Gasteiger partial charge in [0.15, 0.2) is 6.23 Å². The van der Waals surface area contributed by atoms with E-state index in [-0.39, 0.29) is 11.6 Å². The van der Waals surface area contributed by atoms with Gasteiger partial charge in [0.25, 0.3) is 5.69 Å². The molecule has 0 saturated heterocycles. The molecular formula is C18H17N3O4. The van der Waals surface area contributed by atoms with Crippen molar-refractivity contribution in [1.82, 2.24) is 0 Å². The van der Waals surface area contributed by atoms with Gasteiger partial charge in [-0.05, 0) is 30.2 Å². The number of fused-ring (bicyclic) bond motifs is 1. The molecule has 0 aromatic heterocycles. The van der Waals surface area contributed by atoms with Gasteiger partial charge in [0, 0.05) is 23.6 Å². The van der Waals surface area contributed by atoms with Gasteiger partial charge in [-0.25, -0.2) is 0 Å². The van der Waals surface area contributed by atoms with Gasteiger partial charge in [-0.2, -0.15) is 5.26 Å². The summed E-state index contributed by atoms with van der Waals surface area (Å²) < 4.78 is 11.1. The molecule has 3 rings (SSSR count). The number of benzene rings is 2. The Morgan fingerprint density at radius 2 is 2.04 bits per heavy atom. The highest BCUT2D eigenvalue weighted by atomic mass is 16.6. The lowest BCUT2D eigenvalue weighted by Crippen LogP contribution is -2.30. The summed E-state index contributed by atoms with van der Waals surface area (Å²) in [6.45, 7) is 0.355. The molecule has 0 spiro atoms. The average Bonchev–Trinajstić information content (AvgIpc) is 2.91. The number of ether oxygens (including phenoxy) is 2. The van der Waals surface area contributed by atoms with Crippen molar-refractivity contribution in [3.63, 3.8) is 0 Å². The fourth-order valence-electron chi connectivity index (χ4n) is 2.87. The number of hydrogen-bond acceptors (Lipinski definition) is 6. The second kappa shape index (κ2) is 7.20. The third-order valence-corrected chi connectivity index (χ3v) is 4.12. The number of non-ortho nitro benzene ring substituents is 1. The van der Waals surface area contributed by atoms with E-state index >= 15 is 0 Å². The number of nitrogens with zero attached hydrogens (tertiary/aromatic N) is 2. The van der Waals surface area contributed by atoms with Crippen molar-refractivity contribution < 1.29 is 14.4 Å². The lowest BCUT2D eigenvalue weighted by Gasteiger charge is -2.15. The lowest BCUT2D eigenvalue weighted by atomic mass is 9.91. The van der Waals surface area contributed by atoms with Crippen LogP contribution in [0.5, 0.6) is 11.5 Å². The SMILES string of the molecule is N#CCCOc1ccc(CC2c3cc([N+](=O)[O-])ccc3OC2N)cc1. The van der Waals surface area contributed by atoms with Gasteiger partial charge in [0.2, 0.25) is 0 Å². The number of rotatable bonds is 6. The molecule has 7 nitrogen and oxygen atoms in total. The molecule has 7 heteroatoms. The number of nitriles is 1. The number of hydrogen-bond donors (Lipinski definition) is 1. The maximum atomic E-state index is 11.0. The van der Waals surface area contributed by atoms with E-state index in [1.54, 1.807) is 6.07 Å². The van der Waals surface area contributed by atoms with E-state index in [4.69, 9.17) is 20.5 Å². The minimum absolute atomic E-state index is 0.0303.